The molecule has 0 saturated carbocycles. The van der Waals surface area contributed by atoms with Gasteiger partial charge in [-0.3, -0.25) is 4.79 Å². The molecule has 0 spiro atoms. The molecule has 1 amide bonds. The minimum absolute atomic E-state index is 0.000179. The zero-order valence-corrected chi connectivity index (χ0v) is 13.1. The third-order valence-electron chi connectivity index (χ3n) is 3.96. The normalized spacial score (nSPS) is 25.4. The summed E-state index contributed by atoms with van der Waals surface area (Å²) < 4.78 is 0. The van der Waals surface area contributed by atoms with Crippen LogP contribution in [0.3, 0.4) is 0 Å². The first-order chi connectivity index (χ1) is 9.17. The fourth-order valence-corrected chi connectivity index (χ4v) is 3.06. The van der Waals surface area contributed by atoms with Gasteiger partial charge in [0.15, 0.2) is 0 Å². The molecule has 0 radical (unpaired) electrons. The van der Waals surface area contributed by atoms with Gasteiger partial charge in [-0.2, -0.15) is 0 Å². The number of nitrogens with two attached hydrogens (primary N) is 1. The van der Waals surface area contributed by atoms with Gasteiger partial charge >= 0.3 is 5.97 Å². The van der Waals surface area contributed by atoms with E-state index in [1.807, 2.05) is 6.92 Å². The van der Waals surface area contributed by atoms with Gasteiger partial charge in [-0.25, -0.2) is 4.79 Å². The molecule has 0 aromatic carbocycles. The summed E-state index contributed by atoms with van der Waals surface area (Å²) in [6.45, 7) is 8.90. The van der Waals surface area contributed by atoms with Crippen molar-refractivity contribution in [3.8, 4) is 0 Å². The van der Waals surface area contributed by atoms with Gasteiger partial charge in [-0.05, 0) is 30.6 Å². The number of carboxylic acids is 1. The molecule has 3 atom stereocenters. The standard InChI is InChI=1S/C15H28N2O3/c1-10-6-5-7-17(12(10)14(19)20)13(18)11(9-16)8-15(2,3)4/h10-12H,5-9,16H2,1-4H3,(H,19,20). The molecule has 116 valence electrons. The number of aliphatic carboxylic acids is 1. The lowest BCUT2D eigenvalue weighted by Crippen LogP contribution is -2.54. The number of likely N-dealkylation sites (tertiary alicyclic amines) is 1. The van der Waals surface area contributed by atoms with E-state index in [-0.39, 0.29) is 29.7 Å². The highest BCUT2D eigenvalue weighted by atomic mass is 16.4. The van der Waals surface area contributed by atoms with Crippen molar-refractivity contribution in [3.05, 3.63) is 0 Å². The van der Waals surface area contributed by atoms with Crippen LogP contribution in [-0.2, 0) is 9.59 Å². The maximum absolute atomic E-state index is 12.7. The molecule has 1 aliphatic heterocycles. The second-order valence-electron chi connectivity index (χ2n) is 7.13. The Hall–Kier alpha value is -1.10. The van der Waals surface area contributed by atoms with E-state index in [1.165, 1.54) is 0 Å². The van der Waals surface area contributed by atoms with Gasteiger partial charge in [-0.15, -0.1) is 0 Å². The maximum Gasteiger partial charge on any atom is 0.326 e. The minimum atomic E-state index is -0.905. The van der Waals surface area contributed by atoms with E-state index in [1.54, 1.807) is 4.90 Å². The summed E-state index contributed by atoms with van der Waals surface area (Å²) in [5.41, 5.74) is 5.75. The lowest BCUT2D eigenvalue weighted by Gasteiger charge is -2.39. The van der Waals surface area contributed by atoms with E-state index < -0.39 is 12.0 Å². The highest BCUT2D eigenvalue weighted by Gasteiger charge is 2.39. The van der Waals surface area contributed by atoms with E-state index in [0.29, 0.717) is 13.0 Å². The Kier molecular flexibility index (Phi) is 5.57. The van der Waals surface area contributed by atoms with E-state index in [9.17, 15) is 14.7 Å². The quantitative estimate of drug-likeness (QED) is 0.823. The number of carboxylic acid groups (broad SMARTS) is 1. The van der Waals surface area contributed by atoms with Gasteiger partial charge < -0.3 is 15.7 Å². The van der Waals surface area contributed by atoms with Crippen molar-refractivity contribution in [1.29, 1.82) is 0 Å². The van der Waals surface area contributed by atoms with Crippen molar-refractivity contribution in [2.45, 2.75) is 53.0 Å². The molecule has 5 heteroatoms. The average molecular weight is 284 g/mol. The summed E-state index contributed by atoms with van der Waals surface area (Å²) in [7, 11) is 0. The number of hydrogen-bond donors (Lipinski definition) is 2. The summed E-state index contributed by atoms with van der Waals surface area (Å²) in [4.78, 5) is 25.6. The Morgan fingerprint density at radius 3 is 2.45 bits per heavy atom. The van der Waals surface area contributed by atoms with Gasteiger partial charge in [0, 0.05) is 13.1 Å². The van der Waals surface area contributed by atoms with E-state index in [4.69, 9.17) is 5.73 Å². The van der Waals surface area contributed by atoms with Crippen molar-refractivity contribution in [2.24, 2.45) is 23.0 Å². The number of amides is 1. The lowest BCUT2D eigenvalue weighted by molar-refractivity contribution is -0.156. The Morgan fingerprint density at radius 2 is 2.00 bits per heavy atom. The number of piperidine rings is 1. The maximum atomic E-state index is 12.7. The van der Waals surface area contributed by atoms with Crippen molar-refractivity contribution in [3.63, 3.8) is 0 Å². The van der Waals surface area contributed by atoms with Gasteiger partial charge in [0.05, 0.1) is 5.92 Å². The Balaban J connectivity index is 2.88. The number of nitrogens with zero attached hydrogens (tertiary/aromatic N) is 1. The third kappa shape index (κ3) is 4.20. The fourth-order valence-electron chi connectivity index (χ4n) is 3.06. The zero-order chi connectivity index (χ0) is 15.5. The van der Waals surface area contributed by atoms with Crippen LogP contribution in [0.4, 0.5) is 0 Å². The SMILES string of the molecule is CC1CCCN(C(=O)C(CN)CC(C)(C)C)C1C(=O)O. The number of carbonyl (C=O) groups excluding carboxylic acids is 1. The topological polar surface area (TPSA) is 83.6 Å². The van der Waals surface area contributed by atoms with E-state index >= 15 is 0 Å². The zero-order valence-electron chi connectivity index (χ0n) is 13.1. The molecular formula is C15H28N2O3. The first-order valence-corrected chi connectivity index (χ1v) is 7.40. The Bertz CT molecular complexity index is 363. The van der Waals surface area contributed by atoms with E-state index in [0.717, 1.165) is 12.8 Å². The van der Waals surface area contributed by atoms with E-state index in [2.05, 4.69) is 20.8 Å². The van der Waals surface area contributed by atoms with Crippen molar-refractivity contribution in [2.75, 3.05) is 13.1 Å². The summed E-state index contributed by atoms with van der Waals surface area (Å²) in [6.07, 6.45) is 2.40. The van der Waals surface area contributed by atoms with Gasteiger partial charge in [-0.1, -0.05) is 27.7 Å². The smallest absolute Gasteiger partial charge is 0.326 e. The monoisotopic (exact) mass is 284 g/mol. The molecule has 1 heterocycles. The average Bonchev–Trinajstić information content (AvgIpc) is 2.33. The first kappa shape index (κ1) is 17.0. The van der Waals surface area contributed by atoms with Crippen LogP contribution in [0.2, 0.25) is 0 Å². The molecule has 0 bridgehead atoms. The van der Waals surface area contributed by atoms with Crippen LogP contribution in [0.5, 0.6) is 0 Å². The summed E-state index contributed by atoms with van der Waals surface area (Å²) in [5.74, 6) is -1.29. The van der Waals surface area contributed by atoms with Crippen LogP contribution in [0.25, 0.3) is 0 Å². The number of carbonyl (C=O) groups is 2. The highest BCUT2D eigenvalue weighted by Crippen LogP contribution is 2.29. The fraction of sp³-hybridized carbons (Fsp3) is 0.867. The molecule has 0 aliphatic carbocycles. The molecule has 20 heavy (non-hydrogen) atoms. The largest absolute Gasteiger partial charge is 0.480 e. The van der Waals surface area contributed by atoms with Crippen molar-refractivity contribution in [1.82, 2.24) is 4.90 Å². The molecule has 1 rings (SSSR count). The van der Waals surface area contributed by atoms with Gasteiger partial charge in [0.25, 0.3) is 0 Å². The highest BCUT2D eigenvalue weighted by molar-refractivity contribution is 5.85. The van der Waals surface area contributed by atoms with Crippen LogP contribution in [-0.4, -0.2) is 41.0 Å². The molecular weight excluding hydrogens is 256 g/mol. The number of rotatable bonds is 4. The predicted octanol–water partition coefficient (Wildman–Crippen LogP) is 1.71. The lowest BCUT2D eigenvalue weighted by atomic mass is 9.82. The molecule has 3 N–H and O–H groups in total. The summed E-state index contributed by atoms with van der Waals surface area (Å²) >= 11 is 0. The predicted molar refractivity (Wildman–Crippen MR) is 78.2 cm³/mol. The molecule has 5 nitrogen and oxygen atoms in total. The molecule has 0 aromatic rings. The first-order valence-electron chi connectivity index (χ1n) is 7.40. The van der Waals surface area contributed by atoms with Crippen LogP contribution < -0.4 is 5.73 Å². The second-order valence-corrected chi connectivity index (χ2v) is 7.13. The molecule has 0 aromatic heterocycles. The van der Waals surface area contributed by atoms with Crippen LogP contribution in [0.1, 0.15) is 47.0 Å². The molecule has 3 unspecified atom stereocenters. The third-order valence-corrected chi connectivity index (χ3v) is 3.96. The molecule has 1 aliphatic rings. The summed E-state index contributed by atoms with van der Waals surface area (Å²) in [6, 6.07) is -0.703. The molecule has 1 saturated heterocycles. The minimum Gasteiger partial charge on any atom is -0.480 e. The number of hydrogen-bond acceptors (Lipinski definition) is 3. The van der Waals surface area contributed by atoms with Gasteiger partial charge in [0.2, 0.25) is 5.91 Å². The summed E-state index contributed by atoms with van der Waals surface area (Å²) in [5, 5.41) is 9.39. The van der Waals surface area contributed by atoms with Crippen LogP contribution >= 0.6 is 0 Å². The van der Waals surface area contributed by atoms with Crippen LogP contribution in [0.15, 0.2) is 0 Å². The Labute approximate surface area is 121 Å². The van der Waals surface area contributed by atoms with Crippen molar-refractivity contribution >= 4 is 11.9 Å². The van der Waals surface area contributed by atoms with Gasteiger partial charge in [0.1, 0.15) is 6.04 Å². The van der Waals surface area contributed by atoms with Crippen LogP contribution in [0, 0.1) is 17.3 Å². The van der Waals surface area contributed by atoms with Crippen molar-refractivity contribution < 1.29 is 14.7 Å². The second kappa shape index (κ2) is 6.57. The Morgan fingerprint density at radius 1 is 1.40 bits per heavy atom. The molecule has 1 fully saturated rings.